The van der Waals surface area contributed by atoms with Crippen LogP contribution >= 0.6 is 0 Å². The lowest BCUT2D eigenvalue weighted by molar-refractivity contribution is -0.139. The van der Waals surface area contributed by atoms with Crippen LogP contribution in [0.2, 0.25) is 0 Å². The highest BCUT2D eigenvalue weighted by Crippen LogP contribution is 2.32. The molecule has 0 fully saturated rings. The van der Waals surface area contributed by atoms with Crippen molar-refractivity contribution in [3.8, 4) is 5.75 Å². The van der Waals surface area contributed by atoms with Gasteiger partial charge in [-0.3, -0.25) is 9.78 Å². The quantitative estimate of drug-likeness (QED) is 0.205. The van der Waals surface area contributed by atoms with E-state index >= 15 is 0 Å². The van der Waals surface area contributed by atoms with E-state index in [1.165, 1.54) is 0 Å². The molecule has 9 heteroatoms. The Morgan fingerprint density at radius 1 is 1.19 bits per heavy atom. The summed E-state index contributed by atoms with van der Waals surface area (Å²) in [6, 6.07) is 12.9. The molecule has 0 bridgehead atoms. The number of anilines is 1. The third-order valence-electron chi connectivity index (χ3n) is 5.71. The molecule has 3 aromatic heterocycles. The van der Waals surface area contributed by atoms with Gasteiger partial charge in [-0.2, -0.15) is 0 Å². The van der Waals surface area contributed by atoms with Crippen LogP contribution in [-0.4, -0.2) is 33.3 Å². The number of Topliss-reactive ketones (excluding diaryl/α,β-unsaturated/α-hetero) is 1. The molecule has 1 aliphatic heterocycles. The van der Waals surface area contributed by atoms with E-state index in [2.05, 4.69) is 20.3 Å². The number of H-pyrrole nitrogens is 1. The molecule has 37 heavy (non-hydrogen) atoms. The number of nitrogens with zero attached hydrogens (tertiary/aromatic N) is 2. The molecule has 1 aromatic carbocycles. The summed E-state index contributed by atoms with van der Waals surface area (Å²) < 4.78 is 16.9. The van der Waals surface area contributed by atoms with E-state index in [9.17, 15) is 9.59 Å². The molecule has 4 aromatic rings. The number of aromatic amines is 1. The van der Waals surface area contributed by atoms with E-state index in [-0.39, 0.29) is 23.8 Å². The molecule has 0 atom stereocenters. The van der Waals surface area contributed by atoms with Gasteiger partial charge in [0.15, 0.2) is 11.3 Å². The fraction of sp³-hybridized carbons (Fsp3) is 0.143. The topological polar surface area (TPSA) is 115 Å². The fourth-order valence-electron chi connectivity index (χ4n) is 3.88. The molecule has 0 saturated carbocycles. The number of carbonyl (C=O) groups is 2. The van der Waals surface area contributed by atoms with Crippen molar-refractivity contribution < 1.29 is 23.8 Å². The number of esters is 1. The van der Waals surface area contributed by atoms with E-state index in [0.29, 0.717) is 29.3 Å². The van der Waals surface area contributed by atoms with Crippen LogP contribution in [0.25, 0.3) is 17.1 Å². The number of carbonyl (C=O) groups excluding carboxylic acids is 2. The maximum absolute atomic E-state index is 13.2. The predicted molar refractivity (Wildman–Crippen MR) is 137 cm³/mol. The summed E-state index contributed by atoms with van der Waals surface area (Å²) in [6.07, 6.45) is 8.44. The second-order valence-corrected chi connectivity index (χ2v) is 8.26. The number of fused-ring (bicyclic) bond motifs is 1. The minimum atomic E-state index is -0.756. The Morgan fingerprint density at radius 2 is 2.05 bits per heavy atom. The fourth-order valence-corrected chi connectivity index (χ4v) is 3.88. The maximum Gasteiger partial charge on any atom is 0.347 e. The zero-order chi connectivity index (χ0) is 25.8. The Hall–Kier alpha value is -4.92. The summed E-state index contributed by atoms with van der Waals surface area (Å²) >= 11 is 0. The minimum absolute atomic E-state index is 0.00406. The van der Waals surface area contributed by atoms with Gasteiger partial charge in [-0.25, -0.2) is 9.78 Å². The SMILES string of the molecule is CCOC(=O)C1=C(Nc2ccc(OCc3cccnc3)cc2C)O/C(=C\c2c[nH]c3ncccc23)C1=O. The standard InChI is InChI=1S/C28H24N4O5/c1-3-35-28(34)24-25(33)23(13-19-15-31-26-21(19)7-5-11-30-26)37-27(24)32-22-9-8-20(12-17(22)2)36-16-18-6-4-10-29-14-18/h4-15,32H,3,16H2,1-2H3,(H,30,31)/b23-13-. The molecule has 4 heterocycles. The summed E-state index contributed by atoms with van der Waals surface area (Å²) in [5, 5.41) is 3.91. The third-order valence-corrected chi connectivity index (χ3v) is 5.71. The smallest absolute Gasteiger partial charge is 0.347 e. The largest absolute Gasteiger partial charge is 0.489 e. The first kappa shape index (κ1) is 23.8. The minimum Gasteiger partial charge on any atom is -0.489 e. The van der Waals surface area contributed by atoms with Gasteiger partial charge in [-0.15, -0.1) is 0 Å². The molecule has 0 unspecified atom stereocenters. The van der Waals surface area contributed by atoms with Crippen molar-refractivity contribution in [1.82, 2.24) is 15.0 Å². The Morgan fingerprint density at radius 3 is 2.84 bits per heavy atom. The summed E-state index contributed by atoms with van der Waals surface area (Å²) in [5.41, 5.74) is 3.63. The van der Waals surface area contributed by atoms with E-state index in [1.807, 2.05) is 31.2 Å². The molecule has 0 saturated heterocycles. The van der Waals surface area contributed by atoms with Crippen molar-refractivity contribution in [2.45, 2.75) is 20.5 Å². The maximum atomic E-state index is 13.2. The van der Waals surface area contributed by atoms with Crippen LogP contribution in [0.5, 0.6) is 5.75 Å². The van der Waals surface area contributed by atoms with E-state index in [0.717, 1.165) is 16.5 Å². The van der Waals surface area contributed by atoms with Gasteiger partial charge in [0.05, 0.1) is 6.61 Å². The molecule has 186 valence electrons. The summed E-state index contributed by atoms with van der Waals surface area (Å²) in [7, 11) is 0. The Bertz CT molecular complexity index is 1540. The van der Waals surface area contributed by atoms with Crippen LogP contribution in [0, 0.1) is 6.92 Å². The molecule has 1 aliphatic rings. The number of aromatic nitrogens is 3. The third kappa shape index (κ3) is 5.06. The van der Waals surface area contributed by atoms with Gasteiger partial charge >= 0.3 is 5.97 Å². The molecule has 2 N–H and O–H groups in total. The summed E-state index contributed by atoms with van der Waals surface area (Å²) in [5.74, 6) is -0.631. The van der Waals surface area contributed by atoms with Gasteiger partial charge in [0.1, 0.15) is 18.0 Å². The average Bonchev–Trinajstić information content (AvgIpc) is 3.45. The van der Waals surface area contributed by atoms with Crippen LogP contribution in [-0.2, 0) is 25.7 Å². The van der Waals surface area contributed by atoms with Gasteiger partial charge in [0, 0.05) is 47.0 Å². The van der Waals surface area contributed by atoms with Crippen molar-refractivity contribution in [2.24, 2.45) is 0 Å². The zero-order valence-electron chi connectivity index (χ0n) is 20.3. The van der Waals surface area contributed by atoms with Crippen molar-refractivity contribution in [3.63, 3.8) is 0 Å². The van der Waals surface area contributed by atoms with Crippen LogP contribution in [0.15, 0.2) is 84.5 Å². The highest BCUT2D eigenvalue weighted by atomic mass is 16.5. The molecule has 0 radical (unpaired) electrons. The lowest BCUT2D eigenvalue weighted by Gasteiger charge is -2.13. The van der Waals surface area contributed by atoms with Gasteiger partial charge < -0.3 is 24.5 Å². The molecular formula is C28H24N4O5. The molecule has 5 rings (SSSR count). The molecule has 0 amide bonds. The highest BCUT2D eigenvalue weighted by Gasteiger charge is 2.37. The van der Waals surface area contributed by atoms with Crippen molar-refractivity contribution in [3.05, 3.63) is 101 Å². The number of pyridine rings is 2. The lowest BCUT2D eigenvalue weighted by atomic mass is 10.1. The number of hydrogen-bond acceptors (Lipinski definition) is 8. The molecular weight excluding hydrogens is 472 g/mol. The van der Waals surface area contributed by atoms with E-state index in [4.69, 9.17) is 14.2 Å². The second-order valence-electron chi connectivity index (χ2n) is 8.26. The number of ether oxygens (including phenoxy) is 3. The number of ketones is 1. The number of benzene rings is 1. The lowest BCUT2D eigenvalue weighted by Crippen LogP contribution is -2.16. The van der Waals surface area contributed by atoms with Crippen LogP contribution in [0.1, 0.15) is 23.6 Å². The first-order valence-electron chi connectivity index (χ1n) is 11.7. The molecule has 0 spiro atoms. The Kier molecular flexibility index (Phi) is 6.67. The van der Waals surface area contributed by atoms with E-state index < -0.39 is 11.8 Å². The molecule has 0 aliphatic carbocycles. The number of aryl methyl sites for hydroxylation is 1. The van der Waals surface area contributed by atoms with Crippen LogP contribution in [0.3, 0.4) is 0 Å². The number of nitrogens with one attached hydrogen (secondary N) is 2. The molecule has 9 nitrogen and oxygen atoms in total. The predicted octanol–water partition coefficient (Wildman–Crippen LogP) is 4.67. The van der Waals surface area contributed by atoms with Crippen molar-refractivity contribution in [2.75, 3.05) is 11.9 Å². The number of hydrogen-bond donors (Lipinski definition) is 2. The van der Waals surface area contributed by atoms with Gasteiger partial charge in [0.25, 0.3) is 0 Å². The van der Waals surface area contributed by atoms with Gasteiger partial charge in [-0.1, -0.05) is 6.07 Å². The zero-order valence-corrected chi connectivity index (χ0v) is 20.3. The summed E-state index contributed by atoms with van der Waals surface area (Å²) in [6.45, 7) is 4.07. The Labute approximate surface area is 212 Å². The number of allylic oxidation sites excluding steroid dienone is 1. The normalized spacial score (nSPS) is 14.2. The number of rotatable bonds is 8. The first-order valence-corrected chi connectivity index (χ1v) is 11.7. The van der Waals surface area contributed by atoms with Crippen molar-refractivity contribution >= 4 is 34.5 Å². The average molecular weight is 497 g/mol. The first-order chi connectivity index (χ1) is 18.0. The summed E-state index contributed by atoms with van der Waals surface area (Å²) in [4.78, 5) is 37.3. The van der Waals surface area contributed by atoms with Gasteiger partial charge in [-0.05, 0) is 61.9 Å². The van der Waals surface area contributed by atoms with Crippen molar-refractivity contribution in [1.29, 1.82) is 0 Å². The van der Waals surface area contributed by atoms with Crippen LogP contribution < -0.4 is 10.1 Å². The monoisotopic (exact) mass is 496 g/mol. The highest BCUT2D eigenvalue weighted by molar-refractivity contribution is 6.26. The van der Waals surface area contributed by atoms with Gasteiger partial charge in [0.2, 0.25) is 11.7 Å². The Balaban J connectivity index is 1.39. The van der Waals surface area contributed by atoms with E-state index in [1.54, 1.807) is 56.0 Å². The van der Waals surface area contributed by atoms with Crippen LogP contribution in [0.4, 0.5) is 5.69 Å². The second kappa shape index (κ2) is 10.4.